The second-order valence-electron chi connectivity index (χ2n) is 5.09. The Balaban J connectivity index is 2.34. The maximum atomic E-state index is 12.6. The SMILES string of the molecule is Cc1ccc(S(=O)(=O)N2CCCCCC2)c(C)c1. The standard InChI is InChI=1S/C14H21NO2S/c1-12-7-8-14(13(2)11-12)18(16,17)15-9-5-3-4-6-10-15/h7-8,11H,3-6,9-10H2,1-2H3. The Hall–Kier alpha value is -0.870. The minimum Gasteiger partial charge on any atom is -0.207 e. The van der Waals surface area contributed by atoms with E-state index in [4.69, 9.17) is 0 Å². The van der Waals surface area contributed by atoms with Gasteiger partial charge in [0.25, 0.3) is 0 Å². The lowest BCUT2D eigenvalue weighted by Crippen LogP contribution is -2.32. The lowest BCUT2D eigenvalue weighted by atomic mass is 10.2. The summed E-state index contributed by atoms with van der Waals surface area (Å²) in [7, 11) is -3.30. The van der Waals surface area contributed by atoms with Crippen molar-refractivity contribution >= 4 is 10.0 Å². The second-order valence-corrected chi connectivity index (χ2v) is 6.99. The lowest BCUT2D eigenvalue weighted by Gasteiger charge is -2.21. The Morgan fingerprint density at radius 1 is 1.00 bits per heavy atom. The molecule has 18 heavy (non-hydrogen) atoms. The predicted molar refractivity (Wildman–Crippen MR) is 73.1 cm³/mol. The topological polar surface area (TPSA) is 37.4 Å². The highest BCUT2D eigenvalue weighted by atomic mass is 32.2. The van der Waals surface area contributed by atoms with Crippen LogP contribution < -0.4 is 0 Å². The molecule has 0 amide bonds. The highest BCUT2D eigenvalue weighted by molar-refractivity contribution is 7.89. The third-order valence-corrected chi connectivity index (χ3v) is 5.57. The number of hydrogen-bond donors (Lipinski definition) is 0. The van der Waals surface area contributed by atoms with Crippen molar-refractivity contribution in [1.82, 2.24) is 4.31 Å². The van der Waals surface area contributed by atoms with Crippen molar-refractivity contribution in [3.05, 3.63) is 29.3 Å². The lowest BCUT2D eigenvalue weighted by molar-refractivity contribution is 0.423. The molecule has 0 aliphatic carbocycles. The van der Waals surface area contributed by atoms with Gasteiger partial charge in [0.1, 0.15) is 0 Å². The van der Waals surface area contributed by atoms with E-state index in [0.29, 0.717) is 18.0 Å². The van der Waals surface area contributed by atoms with E-state index in [1.54, 1.807) is 10.4 Å². The van der Waals surface area contributed by atoms with Gasteiger partial charge in [-0.2, -0.15) is 4.31 Å². The van der Waals surface area contributed by atoms with Crippen molar-refractivity contribution in [2.45, 2.75) is 44.4 Å². The second kappa shape index (κ2) is 5.41. The first-order chi connectivity index (χ1) is 8.51. The largest absolute Gasteiger partial charge is 0.243 e. The van der Waals surface area contributed by atoms with E-state index in [1.165, 1.54) is 0 Å². The van der Waals surface area contributed by atoms with Gasteiger partial charge in [-0.3, -0.25) is 0 Å². The summed E-state index contributed by atoms with van der Waals surface area (Å²) in [6.07, 6.45) is 4.23. The van der Waals surface area contributed by atoms with Crippen molar-refractivity contribution in [2.24, 2.45) is 0 Å². The highest BCUT2D eigenvalue weighted by Gasteiger charge is 2.26. The van der Waals surface area contributed by atoms with Gasteiger partial charge in [0.2, 0.25) is 10.0 Å². The van der Waals surface area contributed by atoms with E-state index >= 15 is 0 Å². The molecule has 0 spiro atoms. The molecule has 1 aromatic carbocycles. The number of benzene rings is 1. The van der Waals surface area contributed by atoms with Crippen LogP contribution in [0.5, 0.6) is 0 Å². The van der Waals surface area contributed by atoms with Gasteiger partial charge in [0, 0.05) is 13.1 Å². The molecule has 1 aromatic rings. The molecule has 4 heteroatoms. The molecular formula is C14H21NO2S. The molecule has 0 radical (unpaired) electrons. The molecule has 100 valence electrons. The van der Waals surface area contributed by atoms with Crippen molar-refractivity contribution < 1.29 is 8.42 Å². The van der Waals surface area contributed by atoms with E-state index in [-0.39, 0.29) is 0 Å². The van der Waals surface area contributed by atoms with Gasteiger partial charge >= 0.3 is 0 Å². The maximum Gasteiger partial charge on any atom is 0.243 e. The molecule has 0 bridgehead atoms. The monoisotopic (exact) mass is 267 g/mol. The number of hydrogen-bond acceptors (Lipinski definition) is 2. The van der Waals surface area contributed by atoms with Crippen LogP contribution in [0.3, 0.4) is 0 Å². The van der Waals surface area contributed by atoms with E-state index in [9.17, 15) is 8.42 Å². The van der Waals surface area contributed by atoms with Gasteiger partial charge in [0.15, 0.2) is 0 Å². The van der Waals surface area contributed by atoms with Gasteiger partial charge in [-0.25, -0.2) is 8.42 Å². The first-order valence-corrected chi connectivity index (χ1v) is 8.03. The zero-order chi connectivity index (χ0) is 13.2. The van der Waals surface area contributed by atoms with Crippen LogP contribution in [-0.2, 0) is 10.0 Å². The molecule has 0 saturated carbocycles. The number of aryl methyl sites for hydroxylation is 2. The fraction of sp³-hybridized carbons (Fsp3) is 0.571. The Morgan fingerprint density at radius 3 is 2.17 bits per heavy atom. The van der Waals surface area contributed by atoms with Crippen LogP contribution in [0.2, 0.25) is 0 Å². The Bertz CT molecular complexity index is 515. The Labute approximate surface area is 110 Å². The molecule has 1 fully saturated rings. The van der Waals surface area contributed by atoms with Gasteiger partial charge in [0.05, 0.1) is 4.90 Å². The zero-order valence-corrected chi connectivity index (χ0v) is 12.0. The normalized spacial score (nSPS) is 18.6. The molecule has 0 aromatic heterocycles. The minimum absolute atomic E-state index is 0.468. The van der Waals surface area contributed by atoms with Gasteiger partial charge in [-0.05, 0) is 38.3 Å². The van der Waals surface area contributed by atoms with Gasteiger partial charge in [-0.15, -0.1) is 0 Å². The molecule has 2 rings (SSSR count). The molecule has 0 unspecified atom stereocenters. The van der Waals surface area contributed by atoms with Crippen LogP contribution in [0.4, 0.5) is 0 Å². The maximum absolute atomic E-state index is 12.6. The van der Waals surface area contributed by atoms with Crippen LogP contribution >= 0.6 is 0 Å². The zero-order valence-electron chi connectivity index (χ0n) is 11.1. The van der Waals surface area contributed by atoms with Crippen molar-refractivity contribution in [3.63, 3.8) is 0 Å². The fourth-order valence-corrected chi connectivity index (χ4v) is 4.23. The van der Waals surface area contributed by atoms with E-state index < -0.39 is 10.0 Å². The Morgan fingerprint density at radius 2 is 1.61 bits per heavy atom. The third-order valence-electron chi connectivity index (χ3n) is 3.51. The van der Waals surface area contributed by atoms with Gasteiger partial charge < -0.3 is 0 Å². The molecule has 1 saturated heterocycles. The predicted octanol–water partition coefficient (Wildman–Crippen LogP) is 2.87. The van der Waals surface area contributed by atoms with Crippen LogP contribution in [-0.4, -0.2) is 25.8 Å². The van der Waals surface area contributed by atoms with E-state index in [2.05, 4.69) is 0 Å². The first kappa shape index (κ1) is 13.6. The molecule has 3 nitrogen and oxygen atoms in total. The third kappa shape index (κ3) is 2.75. The van der Waals surface area contributed by atoms with Crippen LogP contribution in [0.25, 0.3) is 0 Å². The van der Waals surface area contributed by atoms with Crippen LogP contribution in [0.1, 0.15) is 36.8 Å². The van der Waals surface area contributed by atoms with E-state index in [0.717, 1.165) is 36.8 Å². The highest BCUT2D eigenvalue weighted by Crippen LogP contribution is 2.23. The van der Waals surface area contributed by atoms with Crippen molar-refractivity contribution in [1.29, 1.82) is 0 Å². The molecule has 1 aliphatic heterocycles. The van der Waals surface area contributed by atoms with Gasteiger partial charge in [-0.1, -0.05) is 30.5 Å². The van der Waals surface area contributed by atoms with E-state index in [1.807, 2.05) is 26.0 Å². The molecule has 1 heterocycles. The summed E-state index contributed by atoms with van der Waals surface area (Å²) in [6.45, 7) is 5.18. The summed E-state index contributed by atoms with van der Waals surface area (Å²) >= 11 is 0. The summed E-state index contributed by atoms with van der Waals surface area (Å²) < 4.78 is 26.8. The quantitative estimate of drug-likeness (QED) is 0.826. The van der Waals surface area contributed by atoms with Crippen LogP contribution in [0.15, 0.2) is 23.1 Å². The molecule has 1 aliphatic rings. The smallest absolute Gasteiger partial charge is 0.207 e. The average Bonchev–Trinajstić information content (AvgIpc) is 2.57. The summed E-state index contributed by atoms with van der Waals surface area (Å²) in [5, 5.41) is 0. The summed E-state index contributed by atoms with van der Waals surface area (Å²) in [5.41, 5.74) is 1.95. The van der Waals surface area contributed by atoms with Crippen molar-refractivity contribution in [2.75, 3.05) is 13.1 Å². The summed E-state index contributed by atoms with van der Waals surface area (Å²) in [5.74, 6) is 0. The first-order valence-electron chi connectivity index (χ1n) is 6.59. The molecular weight excluding hydrogens is 246 g/mol. The Kier molecular flexibility index (Phi) is 4.07. The average molecular weight is 267 g/mol. The fourth-order valence-electron chi connectivity index (χ4n) is 2.51. The molecule has 0 atom stereocenters. The summed E-state index contributed by atoms with van der Waals surface area (Å²) in [4.78, 5) is 0.468. The van der Waals surface area contributed by atoms with Crippen LogP contribution in [0, 0.1) is 13.8 Å². The minimum atomic E-state index is -3.30. The number of sulfonamides is 1. The molecule has 0 N–H and O–H groups in total. The number of nitrogens with zero attached hydrogens (tertiary/aromatic N) is 1. The van der Waals surface area contributed by atoms with Crippen molar-refractivity contribution in [3.8, 4) is 0 Å². The number of rotatable bonds is 2. The summed E-state index contributed by atoms with van der Waals surface area (Å²) in [6, 6.07) is 5.55.